The molecule has 0 saturated carbocycles. The maximum atomic E-state index is 12.6. The van der Waals surface area contributed by atoms with Gasteiger partial charge in [-0.2, -0.15) is 4.98 Å². The van der Waals surface area contributed by atoms with E-state index in [9.17, 15) is 4.79 Å². The van der Waals surface area contributed by atoms with Crippen molar-refractivity contribution in [1.29, 1.82) is 0 Å². The molecule has 188 valence electrons. The minimum absolute atomic E-state index is 0.129. The normalized spacial score (nSPS) is 10.9. The number of rotatable bonds is 7. The van der Waals surface area contributed by atoms with Gasteiger partial charge in [0.2, 0.25) is 5.95 Å². The Kier molecular flexibility index (Phi) is 6.70. The molecular weight excluding hydrogens is 492 g/mol. The van der Waals surface area contributed by atoms with Crippen molar-refractivity contribution < 1.29 is 14.3 Å². The van der Waals surface area contributed by atoms with E-state index in [-0.39, 0.29) is 5.95 Å². The number of aromatic nitrogens is 3. The molecule has 3 aromatic carbocycles. The minimum atomic E-state index is -0.550. The molecule has 0 fully saturated rings. The predicted molar refractivity (Wildman–Crippen MR) is 148 cm³/mol. The highest BCUT2D eigenvalue weighted by Crippen LogP contribution is 2.36. The van der Waals surface area contributed by atoms with Gasteiger partial charge in [-0.25, -0.2) is 9.78 Å². The summed E-state index contributed by atoms with van der Waals surface area (Å²) in [5.74, 6) is 1.50. The molecule has 2 amide bonds. The fourth-order valence-corrected chi connectivity index (χ4v) is 4.56. The highest BCUT2D eigenvalue weighted by Gasteiger charge is 2.14. The number of fused-ring (bicyclic) bond motifs is 3. The van der Waals surface area contributed by atoms with Gasteiger partial charge in [-0.1, -0.05) is 29.8 Å². The van der Waals surface area contributed by atoms with Gasteiger partial charge in [0.25, 0.3) is 0 Å². The van der Waals surface area contributed by atoms with E-state index in [0.29, 0.717) is 28.0 Å². The number of anilines is 4. The Balaban J connectivity index is 1.34. The molecule has 3 N–H and O–H groups in total. The lowest BCUT2D eigenvalue weighted by Gasteiger charge is -2.13. The van der Waals surface area contributed by atoms with Gasteiger partial charge in [-0.05, 0) is 43.3 Å². The lowest BCUT2D eigenvalue weighted by Crippen LogP contribution is -2.21. The van der Waals surface area contributed by atoms with Crippen molar-refractivity contribution in [2.45, 2.75) is 13.5 Å². The Labute approximate surface area is 218 Å². The zero-order valence-corrected chi connectivity index (χ0v) is 21.3. The second-order valence-electron chi connectivity index (χ2n) is 8.15. The van der Waals surface area contributed by atoms with E-state index in [1.165, 1.54) is 30.6 Å². The van der Waals surface area contributed by atoms with Crippen LogP contribution in [0.2, 0.25) is 5.02 Å². The Bertz CT molecular complexity index is 1620. The maximum Gasteiger partial charge on any atom is 0.326 e. The number of methoxy groups -OCH3 is 2. The summed E-state index contributed by atoms with van der Waals surface area (Å²) >= 11 is 6.19. The summed E-state index contributed by atoms with van der Waals surface area (Å²) in [5.41, 5.74) is 3.62. The molecule has 2 aromatic heterocycles. The Morgan fingerprint density at radius 1 is 0.946 bits per heavy atom. The standard InChI is InChI=1S/C27H25ClN6O3/c1-4-34-21-8-6-5-7-17(21)18-13-16(9-10-22(18)34)30-25-11-12-29-26(32-25)33-27(35)31-20-14-19(28)23(36-2)15-24(20)37-3/h5-15H,4H2,1-3H3,(H3,29,30,31,32,33,35). The van der Waals surface area contributed by atoms with Crippen LogP contribution in [0.25, 0.3) is 21.8 Å². The largest absolute Gasteiger partial charge is 0.495 e. The SMILES string of the molecule is CCn1c2ccccc2c2cc(Nc3ccnc(NC(=O)Nc4cc(Cl)c(OC)cc4OC)n3)ccc21. The predicted octanol–water partition coefficient (Wildman–Crippen LogP) is 6.66. The van der Waals surface area contributed by atoms with E-state index in [1.807, 2.05) is 12.1 Å². The molecule has 0 bridgehead atoms. The topological polar surface area (TPSA) is 102 Å². The van der Waals surface area contributed by atoms with Crippen LogP contribution in [0.3, 0.4) is 0 Å². The summed E-state index contributed by atoms with van der Waals surface area (Å²) in [6.45, 7) is 3.03. The summed E-state index contributed by atoms with van der Waals surface area (Å²) in [6.07, 6.45) is 1.57. The number of hydrogen-bond acceptors (Lipinski definition) is 6. The van der Waals surface area contributed by atoms with Crippen molar-refractivity contribution in [2.75, 3.05) is 30.2 Å². The third-order valence-corrected chi connectivity index (χ3v) is 6.26. The van der Waals surface area contributed by atoms with Crippen LogP contribution in [0.1, 0.15) is 6.92 Å². The molecule has 0 spiro atoms. The number of para-hydroxylation sites is 1. The van der Waals surface area contributed by atoms with Crippen molar-refractivity contribution in [3.05, 3.63) is 71.9 Å². The zero-order chi connectivity index (χ0) is 25.9. The quantitative estimate of drug-likeness (QED) is 0.223. The van der Waals surface area contributed by atoms with Gasteiger partial charge < -0.3 is 24.7 Å². The van der Waals surface area contributed by atoms with Gasteiger partial charge >= 0.3 is 6.03 Å². The van der Waals surface area contributed by atoms with E-state index < -0.39 is 6.03 Å². The highest BCUT2D eigenvalue weighted by atomic mass is 35.5. The van der Waals surface area contributed by atoms with Crippen molar-refractivity contribution in [1.82, 2.24) is 14.5 Å². The van der Waals surface area contributed by atoms with Crippen LogP contribution in [0, 0.1) is 0 Å². The smallest absolute Gasteiger partial charge is 0.326 e. The van der Waals surface area contributed by atoms with Gasteiger partial charge in [0.15, 0.2) is 0 Å². The van der Waals surface area contributed by atoms with Gasteiger partial charge in [0.05, 0.1) is 24.9 Å². The van der Waals surface area contributed by atoms with E-state index in [1.54, 1.807) is 24.4 Å². The fraction of sp³-hybridized carbons (Fsp3) is 0.148. The van der Waals surface area contributed by atoms with Crippen LogP contribution in [-0.4, -0.2) is 34.8 Å². The molecule has 5 aromatic rings. The molecule has 0 atom stereocenters. The Morgan fingerprint density at radius 3 is 2.51 bits per heavy atom. The van der Waals surface area contributed by atoms with Crippen LogP contribution in [-0.2, 0) is 6.54 Å². The van der Waals surface area contributed by atoms with Crippen LogP contribution in [0.5, 0.6) is 11.5 Å². The average molecular weight is 517 g/mol. The van der Waals surface area contributed by atoms with E-state index in [4.69, 9.17) is 21.1 Å². The number of carbonyl (C=O) groups excluding carboxylic acids is 1. The van der Waals surface area contributed by atoms with Crippen molar-refractivity contribution in [3.63, 3.8) is 0 Å². The number of urea groups is 1. The lowest BCUT2D eigenvalue weighted by molar-refractivity contribution is 0.262. The highest BCUT2D eigenvalue weighted by molar-refractivity contribution is 6.32. The van der Waals surface area contributed by atoms with Crippen LogP contribution >= 0.6 is 11.6 Å². The molecule has 2 heterocycles. The van der Waals surface area contributed by atoms with E-state index >= 15 is 0 Å². The van der Waals surface area contributed by atoms with Crippen molar-refractivity contribution in [3.8, 4) is 11.5 Å². The molecule has 10 heteroatoms. The fourth-order valence-electron chi connectivity index (χ4n) is 4.32. The van der Waals surface area contributed by atoms with Crippen LogP contribution in [0.15, 0.2) is 66.9 Å². The molecule has 0 radical (unpaired) electrons. The first-order valence-corrected chi connectivity index (χ1v) is 12.0. The van der Waals surface area contributed by atoms with Gasteiger partial charge in [-0.15, -0.1) is 0 Å². The number of hydrogen-bond donors (Lipinski definition) is 3. The second-order valence-corrected chi connectivity index (χ2v) is 8.56. The summed E-state index contributed by atoms with van der Waals surface area (Å²) in [5, 5.41) is 11.3. The number of ether oxygens (including phenoxy) is 2. The van der Waals surface area contributed by atoms with Gasteiger partial charge in [0.1, 0.15) is 17.3 Å². The molecule has 9 nitrogen and oxygen atoms in total. The zero-order valence-electron chi connectivity index (χ0n) is 20.5. The number of carbonyl (C=O) groups is 1. The number of aryl methyl sites for hydroxylation is 1. The van der Waals surface area contributed by atoms with E-state index in [0.717, 1.165) is 17.6 Å². The number of benzene rings is 3. The molecule has 37 heavy (non-hydrogen) atoms. The monoisotopic (exact) mass is 516 g/mol. The van der Waals surface area contributed by atoms with Crippen LogP contribution < -0.4 is 25.4 Å². The average Bonchev–Trinajstić information content (AvgIpc) is 3.22. The van der Waals surface area contributed by atoms with Gasteiger partial charge in [-0.3, -0.25) is 5.32 Å². The summed E-state index contributed by atoms with van der Waals surface area (Å²) in [7, 11) is 2.99. The maximum absolute atomic E-state index is 12.6. The number of nitrogens with zero attached hydrogens (tertiary/aromatic N) is 3. The first kappa shape index (κ1) is 24.2. The Hall–Kier alpha value is -4.50. The first-order chi connectivity index (χ1) is 18.0. The van der Waals surface area contributed by atoms with Crippen LogP contribution in [0.4, 0.5) is 27.9 Å². The van der Waals surface area contributed by atoms with Gasteiger partial charge in [0, 0.05) is 46.3 Å². The molecular formula is C27H25ClN6O3. The summed E-state index contributed by atoms with van der Waals surface area (Å²) < 4.78 is 12.8. The number of halogens is 1. The Morgan fingerprint density at radius 2 is 1.73 bits per heavy atom. The molecule has 0 aliphatic rings. The third kappa shape index (κ3) is 4.81. The van der Waals surface area contributed by atoms with Crippen molar-refractivity contribution in [2.24, 2.45) is 0 Å². The molecule has 0 aliphatic carbocycles. The number of amides is 2. The molecule has 0 saturated heterocycles. The number of nitrogens with one attached hydrogen (secondary N) is 3. The first-order valence-electron chi connectivity index (χ1n) is 11.6. The van der Waals surface area contributed by atoms with Crippen molar-refractivity contribution >= 4 is 62.6 Å². The minimum Gasteiger partial charge on any atom is -0.495 e. The summed E-state index contributed by atoms with van der Waals surface area (Å²) in [4.78, 5) is 21.2. The molecule has 5 rings (SSSR count). The summed E-state index contributed by atoms with van der Waals surface area (Å²) in [6, 6.07) is 18.9. The van der Waals surface area contributed by atoms with E-state index in [2.05, 4.69) is 67.7 Å². The third-order valence-electron chi connectivity index (χ3n) is 5.96. The molecule has 0 aliphatic heterocycles. The second kappa shape index (κ2) is 10.2. The lowest BCUT2D eigenvalue weighted by atomic mass is 10.1. The molecule has 0 unspecified atom stereocenters.